The van der Waals surface area contributed by atoms with Crippen molar-refractivity contribution in [3.05, 3.63) is 59.7 Å². The van der Waals surface area contributed by atoms with E-state index in [1.807, 2.05) is 50.2 Å². The van der Waals surface area contributed by atoms with Crippen molar-refractivity contribution >= 4 is 12.1 Å². The average Bonchev–Trinajstić information content (AvgIpc) is 3.00. The van der Waals surface area contributed by atoms with Crippen molar-refractivity contribution in [2.24, 2.45) is 5.92 Å². The molecule has 0 radical (unpaired) electrons. The van der Waals surface area contributed by atoms with Crippen LogP contribution in [0, 0.1) is 5.92 Å². The first-order chi connectivity index (χ1) is 13.1. The third-order valence-electron chi connectivity index (χ3n) is 5.40. The minimum Gasteiger partial charge on any atom is -0.480 e. The van der Waals surface area contributed by atoms with Gasteiger partial charge in [-0.15, -0.1) is 0 Å². The molecule has 0 saturated heterocycles. The highest BCUT2D eigenvalue weighted by Gasteiger charge is 2.31. The van der Waals surface area contributed by atoms with Crippen LogP contribution in [0.15, 0.2) is 48.5 Å². The summed E-state index contributed by atoms with van der Waals surface area (Å²) in [5, 5.41) is 12.0. The zero-order chi connectivity index (χ0) is 19.4. The number of alkyl carbamates (subject to hydrolysis) is 1. The lowest BCUT2D eigenvalue weighted by atomic mass is 9.94. The van der Waals surface area contributed by atoms with Gasteiger partial charge in [-0.2, -0.15) is 0 Å². The van der Waals surface area contributed by atoms with E-state index in [2.05, 4.69) is 17.4 Å². The van der Waals surface area contributed by atoms with Crippen molar-refractivity contribution in [3.8, 4) is 11.1 Å². The first kappa shape index (κ1) is 19.0. The summed E-state index contributed by atoms with van der Waals surface area (Å²) >= 11 is 0. The molecular weight excluding hydrogens is 342 g/mol. The highest BCUT2D eigenvalue weighted by molar-refractivity contribution is 5.81. The average molecular weight is 367 g/mol. The lowest BCUT2D eigenvalue weighted by Crippen LogP contribution is -2.46. The van der Waals surface area contributed by atoms with E-state index in [0.29, 0.717) is 12.8 Å². The van der Waals surface area contributed by atoms with Crippen LogP contribution in [-0.4, -0.2) is 29.8 Å². The largest absolute Gasteiger partial charge is 0.480 e. The highest BCUT2D eigenvalue weighted by atomic mass is 16.5. The first-order valence-corrected chi connectivity index (χ1v) is 9.41. The number of aliphatic carboxylic acids is 1. The summed E-state index contributed by atoms with van der Waals surface area (Å²) in [7, 11) is 0. The number of carboxylic acid groups (broad SMARTS) is 1. The van der Waals surface area contributed by atoms with Crippen LogP contribution >= 0.6 is 0 Å². The van der Waals surface area contributed by atoms with Crippen molar-refractivity contribution in [2.75, 3.05) is 6.61 Å². The van der Waals surface area contributed by atoms with Crippen LogP contribution in [0.4, 0.5) is 4.79 Å². The van der Waals surface area contributed by atoms with Gasteiger partial charge in [-0.3, -0.25) is 0 Å². The van der Waals surface area contributed by atoms with Gasteiger partial charge in [0.2, 0.25) is 0 Å². The summed E-state index contributed by atoms with van der Waals surface area (Å²) < 4.78 is 5.45. The molecule has 2 aromatic carbocycles. The van der Waals surface area contributed by atoms with E-state index in [4.69, 9.17) is 4.74 Å². The molecule has 0 bridgehead atoms. The monoisotopic (exact) mass is 367 g/mol. The summed E-state index contributed by atoms with van der Waals surface area (Å²) in [6.45, 7) is 4.02. The van der Waals surface area contributed by atoms with Gasteiger partial charge in [-0.25, -0.2) is 9.59 Å². The summed E-state index contributed by atoms with van der Waals surface area (Å²) in [6.07, 6.45) is 0.671. The molecule has 0 aliphatic heterocycles. The van der Waals surface area contributed by atoms with Crippen molar-refractivity contribution in [3.63, 3.8) is 0 Å². The van der Waals surface area contributed by atoms with Gasteiger partial charge in [-0.05, 0) is 28.2 Å². The highest BCUT2D eigenvalue weighted by Crippen LogP contribution is 2.44. The SMILES string of the molecule is CCC(CC)C(NC(=O)OCC1c2ccccc2-c2ccccc21)C(=O)O. The van der Waals surface area contributed by atoms with Gasteiger partial charge >= 0.3 is 12.1 Å². The van der Waals surface area contributed by atoms with Crippen LogP contribution in [0.25, 0.3) is 11.1 Å². The number of hydrogen-bond acceptors (Lipinski definition) is 3. The van der Waals surface area contributed by atoms with Crippen LogP contribution < -0.4 is 5.32 Å². The van der Waals surface area contributed by atoms with Crippen molar-refractivity contribution < 1.29 is 19.4 Å². The molecule has 0 saturated carbocycles. The smallest absolute Gasteiger partial charge is 0.407 e. The Morgan fingerprint density at radius 2 is 1.52 bits per heavy atom. The van der Waals surface area contributed by atoms with Gasteiger partial charge in [0.1, 0.15) is 12.6 Å². The topological polar surface area (TPSA) is 75.6 Å². The maximum absolute atomic E-state index is 12.3. The molecule has 2 N–H and O–H groups in total. The number of nitrogens with one attached hydrogen (secondary N) is 1. The van der Waals surface area contributed by atoms with E-state index in [0.717, 1.165) is 22.3 Å². The molecule has 0 fully saturated rings. The molecule has 1 aliphatic carbocycles. The number of hydrogen-bond donors (Lipinski definition) is 2. The normalized spacial score (nSPS) is 13.7. The Hall–Kier alpha value is -2.82. The molecule has 0 heterocycles. The standard InChI is InChI=1S/C22H25NO4/c1-3-14(4-2)20(21(24)25)23-22(26)27-13-19-17-11-7-5-9-15(17)16-10-6-8-12-18(16)19/h5-12,14,19-20H,3-4,13H2,1-2H3,(H,23,26)(H,24,25). The first-order valence-electron chi connectivity index (χ1n) is 9.41. The fourth-order valence-corrected chi connectivity index (χ4v) is 3.91. The predicted octanol–water partition coefficient (Wildman–Crippen LogP) is 4.41. The minimum absolute atomic E-state index is 0.0421. The van der Waals surface area contributed by atoms with Crippen LogP contribution in [0.5, 0.6) is 0 Å². The Morgan fingerprint density at radius 1 is 1.00 bits per heavy atom. The number of fused-ring (bicyclic) bond motifs is 3. The number of rotatable bonds is 7. The van der Waals surface area contributed by atoms with Gasteiger partial charge in [0.15, 0.2) is 0 Å². The molecule has 1 amide bonds. The molecule has 0 spiro atoms. The predicted molar refractivity (Wildman–Crippen MR) is 104 cm³/mol. The Bertz CT molecular complexity index is 783. The Kier molecular flexibility index (Phi) is 5.79. The van der Waals surface area contributed by atoms with Gasteiger partial charge in [0, 0.05) is 5.92 Å². The molecule has 27 heavy (non-hydrogen) atoms. The lowest BCUT2D eigenvalue weighted by Gasteiger charge is -2.23. The van der Waals surface area contributed by atoms with E-state index in [-0.39, 0.29) is 18.4 Å². The Balaban J connectivity index is 1.71. The number of amides is 1. The molecular formula is C22H25NO4. The zero-order valence-corrected chi connectivity index (χ0v) is 15.6. The molecule has 142 valence electrons. The van der Waals surface area contributed by atoms with E-state index in [9.17, 15) is 14.7 Å². The van der Waals surface area contributed by atoms with Crippen LogP contribution in [0.2, 0.25) is 0 Å². The summed E-state index contributed by atoms with van der Waals surface area (Å²) in [5.41, 5.74) is 4.56. The van der Waals surface area contributed by atoms with Gasteiger partial charge in [0.05, 0.1) is 0 Å². The second kappa shape index (κ2) is 8.25. The second-order valence-corrected chi connectivity index (χ2v) is 6.86. The third-order valence-corrected chi connectivity index (χ3v) is 5.40. The molecule has 1 unspecified atom stereocenters. The summed E-state index contributed by atoms with van der Waals surface area (Å²) in [6, 6.07) is 15.3. The number of carboxylic acids is 1. The lowest BCUT2D eigenvalue weighted by molar-refractivity contribution is -0.140. The van der Waals surface area contributed by atoms with Crippen LogP contribution in [0.3, 0.4) is 0 Å². The number of carbonyl (C=O) groups excluding carboxylic acids is 1. The molecule has 2 aromatic rings. The van der Waals surface area contributed by atoms with E-state index >= 15 is 0 Å². The van der Waals surface area contributed by atoms with Gasteiger partial charge in [0.25, 0.3) is 0 Å². The zero-order valence-electron chi connectivity index (χ0n) is 15.6. The molecule has 1 aliphatic rings. The van der Waals surface area contributed by atoms with Crippen molar-refractivity contribution in [1.82, 2.24) is 5.32 Å². The fourth-order valence-electron chi connectivity index (χ4n) is 3.91. The number of ether oxygens (including phenoxy) is 1. The van der Waals surface area contributed by atoms with Gasteiger partial charge in [-0.1, -0.05) is 75.2 Å². The Morgan fingerprint density at radius 3 is 2.00 bits per heavy atom. The molecule has 1 atom stereocenters. The molecule has 3 rings (SSSR count). The quantitative estimate of drug-likeness (QED) is 0.760. The van der Waals surface area contributed by atoms with E-state index in [1.54, 1.807) is 0 Å². The van der Waals surface area contributed by atoms with E-state index < -0.39 is 18.1 Å². The maximum atomic E-state index is 12.3. The van der Waals surface area contributed by atoms with Crippen molar-refractivity contribution in [2.45, 2.75) is 38.6 Å². The fraction of sp³-hybridized carbons (Fsp3) is 0.364. The Labute approximate surface area is 159 Å². The maximum Gasteiger partial charge on any atom is 0.407 e. The van der Waals surface area contributed by atoms with Crippen molar-refractivity contribution in [1.29, 1.82) is 0 Å². The van der Waals surface area contributed by atoms with Crippen LogP contribution in [-0.2, 0) is 9.53 Å². The summed E-state index contributed by atoms with van der Waals surface area (Å²) in [4.78, 5) is 23.8. The molecule has 5 nitrogen and oxygen atoms in total. The minimum atomic E-state index is -1.03. The van der Waals surface area contributed by atoms with Crippen LogP contribution in [0.1, 0.15) is 43.7 Å². The number of carbonyl (C=O) groups is 2. The third kappa shape index (κ3) is 3.82. The molecule has 5 heteroatoms. The molecule has 0 aromatic heterocycles. The number of benzene rings is 2. The summed E-state index contributed by atoms with van der Waals surface area (Å²) in [5.74, 6) is -1.19. The van der Waals surface area contributed by atoms with E-state index in [1.165, 1.54) is 0 Å². The van der Waals surface area contributed by atoms with Gasteiger partial charge < -0.3 is 15.2 Å². The second-order valence-electron chi connectivity index (χ2n) is 6.86.